The number of nitrogens with one attached hydrogen (secondary N) is 1. The van der Waals surface area contributed by atoms with Gasteiger partial charge in [0.05, 0.1) is 5.69 Å². The highest BCUT2D eigenvalue weighted by molar-refractivity contribution is 5.97. The van der Waals surface area contributed by atoms with Crippen LogP contribution in [0.15, 0.2) is 54.6 Å². The Labute approximate surface area is 155 Å². The molecule has 0 aliphatic rings. The summed E-state index contributed by atoms with van der Waals surface area (Å²) in [6.45, 7) is 0.306. The zero-order valence-corrected chi connectivity index (χ0v) is 14.8. The van der Waals surface area contributed by atoms with Crippen LogP contribution < -0.4 is 10.1 Å². The van der Waals surface area contributed by atoms with Crippen LogP contribution in [0.5, 0.6) is 5.75 Å². The van der Waals surface area contributed by atoms with Crippen LogP contribution in [0.3, 0.4) is 0 Å². The molecule has 27 heavy (non-hydrogen) atoms. The third-order valence-electron chi connectivity index (χ3n) is 3.51. The van der Waals surface area contributed by atoms with E-state index in [0.717, 1.165) is 11.1 Å². The van der Waals surface area contributed by atoms with E-state index < -0.39 is 24.6 Å². The van der Waals surface area contributed by atoms with Gasteiger partial charge in [0.2, 0.25) is 0 Å². The molecule has 1 N–H and O–H groups in total. The molecule has 5 nitrogen and oxygen atoms in total. The van der Waals surface area contributed by atoms with E-state index in [1.807, 2.05) is 31.2 Å². The molecule has 0 spiro atoms. The standard InChI is InChI=1S/C20H19F2NO4/c1-13-7-9-15(10-8-13)11-12-18(24)26-14(2)19(25)23-16-5-3-4-6-17(16)27-20(21)22/h3-12,14,20H,1-2H3,(H,23,25)/b12-11+/t14-/m0/s1. The second kappa shape index (κ2) is 9.47. The number of halogens is 2. The maximum Gasteiger partial charge on any atom is 0.387 e. The molecule has 1 atom stereocenters. The summed E-state index contributed by atoms with van der Waals surface area (Å²) in [5.41, 5.74) is 1.96. The molecule has 7 heteroatoms. The van der Waals surface area contributed by atoms with Gasteiger partial charge in [0.25, 0.3) is 5.91 Å². The monoisotopic (exact) mass is 375 g/mol. The van der Waals surface area contributed by atoms with Crippen LogP contribution >= 0.6 is 0 Å². The molecule has 0 aliphatic heterocycles. The lowest BCUT2D eigenvalue weighted by Gasteiger charge is -2.15. The number of carbonyl (C=O) groups excluding carboxylic acids is 2. The summed E-state index contributed by atoms with van der Waals surface area (Å²) in [4.78, 5) is 24.0. The first kappa shape index (κ1) is 20.1. The second-order valence-corrected chi connectivity index (χ2v) is 5.69. The number of anilines is 1. The lowest BCUT2D eigenvalue weighted by Crippen LogP contribution is -2.29. The smallest absolute Gasteiger partial charge is 0.387 e. The van der Waals surface area contributed by atoms with Gasteiger partial charge in [-0.3, -0.25) is 4.79 Å². The number of esters is 1. The van der Waals surface area contributed by atoms with Crippen LogP contribution in [0.25, 0.3) is 6.08 Å². The number of para-hydroxylation sites is 2. The van der Waals surface area contributed by atoms with Crippen molar-refractivity contribution in [1.82, 2.24) is 0 Å². The van der Waals surface area contributed by atoms with Crippen molar-refractivity contribution in [2.75, 3.05) is 5.32 Å². The van der Waals surface area contributed by atoms with Gasteiger partial charge in [0.1, 0.15) is 5.75 Å². The Kier molecular flexibility index (Phi) is 7.05. The summed E-state index contributed by atoms with van der Waals surface area (Å²) in [5, 5.41) is 2.40. The quantitative estimate of drug-likeness (QED) is 0.582. The van der Waals surface area contributed by atoms with Gasteiger partial charge in [0, 0.05) is 6.08 Å². The Balaban J connectivity index is 1.93. The van der Waals surface area contributed by atoms with Gasteiger partial charge in [-0.2, -0.15) is 8.78 Å². The van der Waals surface area contributed by atoms with Crippen LogP contribution in [-0.2, 0) is 14.3 Å². The largest absolute Gasteiger partial charge is 0.449 e. The molecule has 2 aromatic rings. The highest BCUT2D eigenvalue weighted by Crippen LogP contribution is 2.25. The summed E-state index contributed by atoms with van der Waals surface area (Å²) >= 11 is 0. The molecule has 0 heterocycles. The number of hydrogen-bond acceptors (Lipinski definition) is 4. The van der Waals surface area contributed by atoms with Crippen LogP contribution in [0.2, 0.25) is 0 Å². The summed E-state index contributed by atoms with van der Waals surface area (Å²) in [6, 6.07) is 13.2. The number of benzene rings is 2. The van der Waals surface area contributed by atoms with E-state index in [2.05, 4.69) is 10.1 Å². The summed E-state index contributed by atoms with van der Waals surface area (Å²) < 4.78 is 34.2. The number of ether oxygens (including phenoxy) is 2. The van der Waals surface area contributed by atoms with Crippen molar-refractivity contribution in [3.05, 3.63) is 65.7 Å². The number of aryl methyl sites for hydroxylation is 1. The van der Waals surface area contributed by atoms with E-state index in [4.69, 9.17) is 4.74 Å². The Morgan fingerprint density at radius 3 is 2.41 bits per heavy atom. The normalized spacial score (nSPS) is 12.0. The first-order valence-electron chi connectivity index (χ1n) is 8.15. The van der Waals surface area contributed by atoms with Gasteiger partial charge in [-0.05, 0) is 37.6 Å². The third-order valence-corrected chi connectivity index (χ3v) is 3.51. The predicted molar refractivity (Wildman–Crippen MR) is 97.5 cm³/mol. The number of carbonyl (C=O) groups is 2. The molecule has 0 radical (unpaired) electrons. The van der Waals surface area contributed by atoms with Gasteiger partial charge in [-0.25, -0.2) is 4.79 Å². The average Bonchev–Trinajstić information content (AvgIpc) is 2.62. The van der Waals surface area contributed by atoms with E-state index in [9.17, 15) is 18.4 Å². The number of amides is 1. The van der Waals surface area contributed by atoms with E-state index >= 15 is 0 Å². The Hall–Kier alpha value is -3.22. The lowest BCUT2D eigenvalue weighted by molar-refractivity contribution is -0.148. The van der Waals surface area contributed by atoms with Gasteiger partial charge in [0.15, 0.2) is 6.10 Å². The molecule has 1 amide bonds. The maximum absolute atomic E-state index is 12.4. The zero-order valence-electron chi connectivity index (χ0n) is 14.8. The predicted octanol–water partition coefficient (Wildman–Crippen LogP) is 4.18. The van der Waals surface area contributed by atoms with Crippen molar-refractivity contribution in [3.8, 4) is 5.75 Å². The molecule has 0 saturated heterocycles. The topological polar surface area (TPSA) is 64.6 Å². The molecule has 0 aromatic heterocycles. The molecule has 142 valence electrons. The fraction of sp³-hybridized carbons (Fsp3) is 0.200. The van der Waals surface area contributed by atoms with Crippen LogP contribution in [0.1, 0.15) is 18.1 Å². The zero-order chi connectivity index (χ0) is 19.8. The summed E-state index contributed by atoms with van der Waals surface area (Å²) in [6.07, 6.45) is 1.65. The molecular weight excluding hydrogens is 356 g/mol. The van der Waals surface area contributed by atoms with E-state index in [1.54, 1.807) is 12.1 Å². The molecule has 0 fully saturated rings. The molecular formula is C20H19F2NO4. The van der Waals surface area contributed by atoms with E-state index in [0.29, 0.717) is 0 Å². The van der Waals surface area contributed by atoms with Gasteiger partial charge >= 0.3 is 12.6 Å². The molecule has 0 saturated carbocycles. The second-order valence-electron chi connectivity index (χ2n) is 5.69. The third kappa shape index (κ3) is 6.54. The minimum absolute atomic E-state index is 0.0564. The SMILES string of the molecule is Cc1ccc(/C=C/C(=O)O[C@@H](C)C(=O)Nc2ccccc2OC(F)F)cc1. The summed E-state index contributed by atoms with van der Waals surface area (Å²) in [7, 11) is 0. The maximum atomic E-state index is 12.4. The molecule has 2 aromatic carbocycles. The first-order chi connectivity index (χ1) is 12.8. The Morgan fingerprint density at radius 1 is 1.07 bits per heavy atom. The number of alkyl halides is 2. The van der Waals surface area contributed by atoms with Crippen LogP contribution in [-0.4, -0.2) is 24.6 Å². The minimum Gasteiger partial charge on any atom is -0.449 e. The number of rotatable bonds is 7. The van der Waals surface area contributed by atoms with Crippen molar-refractivity contribution in [2.45, 2.75) is 26.6 Å². The first-order valence-corrected chi connectivity index (χ1v) is 8.15. The molecule has 0 aliphatic carbocycles. The highest BCUT2D eigenvalue weighted by Gasteiger charge is 2.19. The molecule has 2 rings (SSSR count). The Bertz CT molecular complexity index is 819. The number of hydrogen-bond donors (Lipinski definition) is 1. The van der Waals surface area contributed by atoms with Crippen molar-refractivity contribution in [2.24, 2.45) is 0 Å². The summed E-state index contributed by atoms with van der Waals surface area (Å²) in [5.74, 6) is -1.55. The van der Waals surface area contributed by atoms with Crippen LogP contribution in [0.4, 0.5) is 14.5 Å². The highest BCUT2D eigenvalue weighted by atomic mass is 19.3. The molecule has 0 bridgehead atoms. The van der Waals surface area contributed by atoms with Gasteiger partial charge in [-0.1, -0.05) is 42.0 Å². The van der Waals surface area contributed by atoms with Gasteiger partial charge in [-0.15, -0.1) is 0 Å². The average molecular weight is 375 g/mol. The van der Waals surface area contributed by atoms with Crippen molar-refractivity contribution < 1.29 is 27.8 Å². The minimum atomic E-state index is -3.02. The lowest BCUT2D eigenvalue weighted by atomic mass is 10.1. The van der Waals surface area contributed by atoms with Gasteiger partial charge < -0.3 is 14.8 Å². The van der Waals surface area contributed by atoms with E-state index in [-0.39, 0.29) is 11.4 Å². The Morgan fingerprint density at radius 2 is 1.74 bits per heavy atom. The fourth-order valence-corrected chi connectivity index (χ4v) is 2.11. The van der Waals surface area contributed by atoms with Crippen LogP contribution in [0, 0.1) is 6.92 Å². The van der Waals surface area contributed by atoms with Crippen molar-refractivity contribution in [3.63, 3.8) is 0 Å². The molecule has 0 unspecified atom stereocenters. The van der Waals surface area contributed by atoms with Crippen molar-refractivity contribution in [1.29, 1.82) is 0 Å². The van der Waals surface area contributed by atoms with Crippen molar-refractivity contribution >= 4 is 23.6 Å². The van der Waals surface area contributed by atoms with E-state index in [1.165, 1.54) is 31.2 Å². The fourth-order valence-electron chi connectivity index (χ4n) is 2.11.